The fraction of sp³-hybridized carbons (Fsp3) is 0.111. The Labute approximate surface area is 124 Å². The van der Waals surface area contributed by atoms with Crippen molar-refractivity contribution in [1.29, 1.82) is 0 Å². The smallest absolute Gasteiger partial charge is 0.445 e. The van der Waals surface area contributed by atoms with Crippen LogP contribution in [0.1, 0.15) is 11.1 Å². The molecule has 1 aromatic rings. The van der Waals surface area contributed by atoms with Gasteiger partial charge < -0.3 is 12.9 Å². The zero-order chi connectivity index (χ0) is 9.90. The van der Waals surface area contributed by atoms with Crippen LogP contribution in [0.15, 0.2) is 30.2 Å². The third kappa shape index (κ3) is 5.36. The molecule has 0 aliphatic rings. The third-order valence-corrected chi connectivity index (χ3v) is 1.68. The zero-order valence-electron chi connectivity index (χ0n) is 8.18. The van der Waals surface area contributed by atoms with Crippen molar-refractivity contribution in [2.24, 2.45) is 0 Å². The third-order valence-electron chi connectivity index (χ3n) is 1.68. The number of benzene rings is 1. The topological polar surface area (TPSA) is 0 Å². The van der Waals surface area contributed by atoms with Crippen molar-refractivity contribution in [2.75, 3.05) is 0 Å². The molecule has 0 atom stereocenters. The van der Waals surface area contributed by atoms with E-state index >= 15 is 0 Å². The summed E-state index contributed by atoms with van der Waals surface area (Å²) in [5.41, 5.74) is 1.46. The Morgan fingerprint density at radius 2 is 1.71 bits per heavy atom. The maximum atomic E-state index is 11.8. The molecule has 5 heteroatoms. The molecule has 0 N–H and O–H groups in total. The molecule has 0 nitrogen and oxygen atoms in total. The van der Waals surface area contributed by atoms with Gasteiger partial charge in [0.05, 0.1) is 0 Å². The monoisotopic (exact) mass is 224 g/mol. The Morgan fingerprint density at radius 3 is 2.21 bits per heavy atom. The second-order valence-corrected chi connectivity index (χ2v) is 2.84. The summed E-state index contributed by atoms with van der Waals surface area (Å²) in [6, 6.07) is 6.96. The second-order valence-electron chi connectivity index (χ2n) is 2.84. The number of hydrogen-bond acceptors (Lipinski definition) is 0. The molecule has 70 valence electrons. The molecule has 0 aliphatic heterocycles. The molecular formula is C9H9BF3K. The minimum absolute atomic E-state index is 0. The number of aryl methyl sites for hydroxylation is 1. The molecule has 0 fully saturated rings. The number of rotatable bonds is 2. The van der Waals surface area contributed by atoms with Crippen molar-refractivity contribution in [1.82, 2.24) is 0 Å². The maximum Gasteiger partial charge on any atom is 1.00 e. The van der Waals surface area contributed by atoms with Crippen LogP contribution in [0.4, 0.5) is 12.9 Å². The van der Waals surface area contributed by atoms with Crippen LogP contribution in [0.2, 0.25) is 0 Å². The Hall–Kier alpha value is 0.451. The van der Waals surface area contributed by atoms with Crippen LogP contribution in [0.25, 0.3) is 6.08 Å². The minimum Gasteiger partial charge on any atom is -0.445 e. The molecule has 0 heterocycles. The minimum atomic E-state index is -4.82. The van der Waals surface area contributed by atoms with Crippen LogP contribution in [0, 0.1) is 6.92 Å². The van der Waals surface area contributed by atoms with Gasteiger partial charge in [-0.3, -0.25) is 0 Å². The van der Waals surface area contributed by atoms with Crippen molar-refractivity contribution in [3.63, 3.8) is 0 Å². The van der Waals surface area contributed by atoms with Gasteiger partial charge in [-0.05, 0) is 18.1 Å². The average molecular weight is 224 g/mol. The largest absolute Gasteiger partial charge is 1.00 e. The molecule has 0 aromatic heterocycles. The molecule has 0 amide bonds. The van der Waals surface area contributed by atoms with E-state index in [9.17, 15) is 12.9 Å². The van der Waals surface area contributed by atoms with Crippen LogP contribution >= 0.6 is 0 Å². The van der Waals surface area contributed by atoms with Crippen LogP contribution in [-0.4, -0.2) is 6.98 Å². The van der Waals surface area contributed by atoms with E-state index in [1.807, 2.05) is 0 Å². The van der Waals surface area contributed by atoms with Gasteiger partial charge in [0, 0.05) is 0 Å². The van der Waals surface area contributed by atoms with E-state index in [1.165, 1.54) is 0 Å². The van der Waals surface area contributed by atoms with E-state index in [2.05, 4.69) is 0 Å². The van der Waals surface area contributed by atoms with E-state index in [1.54, 1.807) is 31.2 Å². The van der Waals surface area contributed by atoms with Gasteiger partial charge >= 0.3 is 58.4 Å². The summed E-state index contributed by atoms with van der Waals surface area (Å²) in [5.74, 6) is 0.308. The predicted octanol–water partition coefficient (Wildman–Crippen LogP) is 0.399. The van der Waals surface area contributed by atoms with Gasteiger partial charge in [0.2, 0.25) is 0 Å². The van der Waals surface area contributed by atoms with E-state index < -0.39 is 6.98 Å². The van der Waals surface area contributed by atoms with Gasteiger partial charge in [0.25, 0.3) is 0 Å². The summed E-state index contributed by atoms with van der Waals surface area (Å²) >= 11 is 0. The summed E-state index contributed by atoms with van der Waals surface area (Å²) in [6.45, 7) is -3.04. The summed E-state index contributed by atoms with van der Waals surface area (Å²) < 4.78 is 35.5. The molecule has 0 radical (unpaired) electrons. The van der Waals surface area contributed by atoms with Gasteiger partial charge in [-0.15, -0.1) is 5.98 Å². The van der Waals surface area contributed by atoms with Gasteiger partial charge in [-0.1, -0.05) is 30.3 Å². The molecule has 1 aromatic carbocycles. The average Bonchev–Trinajstić information content (AvgIpc) is 2.01. The SMILES string of the molecule is Cc1ccccc1/C=C/[B-](F)(F)F.[K+]. The first-order valence-corrected chi connectivity index (χ1v) is 3.94. The first kappa shape index (κ1) is 14.5. The number of hydrogen-bond donors (Lipinski definition) is 0. The molecule has 0 unspecified atom stereocenters. The van der Waals surface area contributed by atoms with Gasteiger partial charge in [-0.2, -0.15) is 0 Å². The summed E-state index contributed by atoms with van der Waals surface area (Å²) in [4.78, 5) is 0. The molecular weight excluding hydrogens is 215 g/mol. The van der Waals surface area contributed by atoms with Gasteiger partial charge in [0.1, 0.15) is 0 Å². The van der Waals surface area contributed by atoms with E-state index in [-0.39, 0.29) is 51.4 Å². The maximum absolute atomic E-state index is 11.8. The van der Waals surface area contributed by atoms with Gasteiger partial charge in [0.15, 0.2) is 0 Å². The van der Waals surface area contributed by atoms with Crippen LogP contribution < -0.4 is 51.4 Å². The van der Waals surface area contributed by atoms with E-state index in [4.69, 9.17) is 0 Å². The standard InChI is InChI=1S/C9H9BF3.K/c1-8-4-2-3-5-9(8)6-7-10(11,12)13;/h2-7H,1H3;/q-1;+1/b7-6+;. The van der Waals surface area contributed by atoms with Crippen LogP contribution in [-0.2, 0) is 0 Å². The first-order valence-electron chi connectivity index (χ1n) is 3.94. The first-order chi connectivity index (χ1) is 5.99. The predicted molar refractivity (Wildman–Crippen MR) is 49.3 cm³/mol. The number of halogens is 3. The fourth-order valence-corrected chi connectivity index (χ4v) is 0.987. The van der Waals surface area contributed by atoms with Crippen molar-refractivity contribution in [2.45, 2.75) is 6.92 Å². The summed E-state index contributed by atoms with van der Waals surface area (Å²) in [7, 11) is 0. The molecule has 14 heavy (non-hydrogen) atoms. The molecule has 0 aliphatic carbocycles. The van der Waals surface area contributed by atoms with Crippen molar-refractivity contribution in [3.05, 3.63) is 41.4 Å². The molecule has 0 saturated heterocycles. The van der Waals surface area contributed by atoms with Crippen molar-refractivity contribution >= 4 is 13.1 Å². The Kier molecular flexibility index (Phi) is 6.32. The van der Waals surface area contributed by atoms with E-state index in [0.717, 1.165) is 11.6 Å². The Balaban J connectivity index is 0.00000169. The normalized spacial score (nSPS) is 11.4. The summed E-state index contributed by atoms with van der Waals surface area (Å²) in [5, 5.41) is 0. The quantitative estimate of drug-likeness (QED) is 0.638. The van der Waals surface area contributed by atoms with Gasteiger partial charge in [-0.25, -0.2) is 0 Å². The molecule has 1 rings (SSSR count). The van der Waals surface area contributed by atoms with Crippen LogP contribution in [0.3, 0.4) is 0 Å². The zero-order valence-corrected chi connectivity index (χ0v) is 11.3. The van der Waals surface area contributed by atoms with Crippen molar-refractivity contribution < 1.29 is 64.3 Å². The summed E-state index contributed by atoms with van der Waals surface area (Å²) in [6.07, 6.45) is 1.11. The van der Waals surface area contributed by atoms with E-state index in [0.29, 0.717) is 11.5 Å². The second kappa shape index (κ2) is 6.13. The Bertz CT molecular complexity index is 320. The molecule has 0 bridgehead atoms. The molecule has 0 spiro atoms. The Morgan fingerprint density at radius 1 is 1.14 bits per heavy atom. The fourth-order valence-electron chi connectivity index (χ4n) is 0.987. The van der Waals surface area contributed by atoms with Crippen molar-refractivity contribution in [3.8, 4) is 0 Å². The molecule has 0 saturated carbocycles. The van der Waals surface area contributed by atoms with Crippen LogP contribution in [0.5, 0.6) is 0 Å².